The van der Waals surface area contributed by atoms with E-state index in [9.17, 15) is 0 Å². The van der Waals surface area contributed by atoms with E-state index in [0.717, 1.165) is 13.0 Å². The van der Waals surface area contributed by atoms with E-state index in [2.05, 4.69) is 78.0 Å². The van der Waals surface area contributed by atoms with Crippen molar-refractivity contribution in [3.8, 4) is 0 Å². The summed E-state index contributed by atoms with van der Waals surface area (Å²) in [5, 5.41) is 3.71. The molecule has 22 heavy (non-hydrogen) atoms. The first-order valence-electron chi connectivity index (χ1n) is 8.63. The zero-order valence-electron chi connectivity index (χ0n) is 15.4. The Morgan fingerprint density at radius 3 is 2.32 bits per heavy atom. The molecule has 0 radical (unpaired) electrons. The maximum atomic E-state index is 6.39. The van der Waals surface area contributed by atoms with Crippen LogP contribution in [0.4, 0.5) is 0 Å². The first-order valence-corrected chi connectivity index (χ1v) is 8.63. The average molecular weight is 303 g/mol. The Morgan fingerprint density at radius 1 is 1.23 bits per heavy atom. The van der Waals surface area contributed by atoms with Crippen molar-refractivity contribution in [3.63, 3.8) is 0 Å². The van der Waals surface area contributed by atoms with Crippen LogP contribution in [-0.2, 0) is 10.2 Å². The smallest absolute Gasteiger partial charge is 0.0855 e. The van der Waals surface area contributed by atoms with Gasteiger partial charge in [0.05, 0.1) is 17.7 Å². The summed E-state index contributed by atoms with van der Waals surface area (Å²) >= 11 is 0. The number of hydrogen-bond donors (Lipinski definition) is 1. The molecular weight excluding hydrogens is 270 g/mol. The Balaban J connectivity index is 2.28. The van der Waals surface area contributed by atoms with Crippen LogP contribution < -0.4 is 5.32 Å². The van der Waals surface area contributed by atoms with E-state index in [1.807, 2.05) is 0 Å². The van der Waals surface area contributed by atoms with Crippen molar-refractivity contribution in [1.29, 1.82) is 0 Å². The van der Waals surface area contributed by atoms with Crippen LogP contribution in [-0.4, -0.2) is 18.2 Å². The lowest BCUT2D eigenvalue weighted by Crippen LogP contribution is -2.54. The molecule has 2 rings (SSSR count). The van der Waals surface area contributed by atoms with Crippen molar-refractivity contribution in [1.82, 2.24) is 5.32 Å². The second-order valence-electron chi connectivity index (χ2n) is 8.55. The van der Waals surface area contributed by atoms with E-state index in [0.29, 0.717) is 5.92 Å². The van der Waals surface area contributed by atoms with E-state index in [4.69, 9.17) is 4.74 Å². The molecule has 0 spiro atoms. The van der Waals surface area contributed by atoms with Gasteiger partial charge in [-0.2, -0.15) is 0 Å². The first kappa shape index (κ1) is 17.5. The van der Waals surface area contributed by atoms with E-state index in [1.54, 1.807) is 0 Å². The van der Waals surface area contributed by atoms with Crippen LogP contribution in [0, 0.1) is 5.92 Å². The maximum absolute atomic E-state index is 6.39. The van der Waals surface area contributed by atoms with Gasteiger partial charge in [0, 0.05) is 6.54 Å². The molecule has 1 fully saturated rings. The van der Waals surface area contributed by atoms with Gasteiger partial charge in [-0.15, -0.1) is 0 Å². The van der Waals surface area contributed by atoms with Gasteiger partial charge in [0.2, 0.25) is 0 Å². The van der Waals surface area contributed by atoms with Crippen LogP contribution in [0.1, 0.15) is 72.1 Å². The summed E-state index contributed by atoms with van der Waals surface area (Å²) in [5.74, 6) is 0.619. The Kier molecular flexibility index (Phi) is 5.03. The SMILES string of the molecule is CC(C)CC1(C)O[C@H](C)CN[C@@H]1c1ccc(C(C)(C)C)cc1. The van der Waals surface area contributed by atoms with E-state index in [-0.39, 0.29) is 23.2 Å². The summed E-state index contributed by atoms with van der Waals surface area (Å²) in [7, 11) is 0. The highest BCUT2D eigenvalue weighted by molar-refractivity contribution is 5.31. The van der Waals surface area contributed by atoms with Gasteiger partial charge >= 0.3 is 0 Å². The highest BCUT2D eigenvalue weighted by atomic mass is 16.5. The molecule has 3 atom stereocenters. The maximum Gasteiger partial charge on any atom is 0.0855 e. The van der Waals surface area contributed by atoms with Crippen molar-refractivity contribution in [3.05, 3.63) is 35.4 Å². The molecule has 124 valence electrons. The minimum absolute atomic E-state index is 0.144. The summed E-state index contributed by atoms with van der Waals surface area (Å²) in [4.78, 5) is 0. The van der Waals surface area contributed by atoms with Gasteiger partial charge < -0.3 is 10.1 Å². The van der Waals surface area contributed by atoms with Gasteiger partial charge in [-0.3, -0.25) is 0 Å². The molecule has 2 nitrogen and oxygen atoms in total. The molecule has 0 aliphatic carbocycles. The molecule has 1 aliphatic rings. The fraction of sp³-hybridized carbons (Fsp3) is 0.700. The van der Waals surface area contributed by atoms with E-state index in [1.165, 1.54) is 11.1 Å². The third-order valence-electron chi connectivity index (χ3n) is 4.61. The van der Waals surface area contributed by atoms with Crippen LogP contribution in [0.3, 0.4) is 0 Å². The van der Waals surface area contributed by atoms with Crippen LogP contribution in [0.5, 0.6) is 0 Å². The highest BCUT2D eigenvalue weighted by Crippen LogP contribution is 2.38. The first-order chi connectivity index (χ1) is 10.1. The third kappa shape index (κ3) is 3.91. The topological polar surface area (TPSA) is 21.3 Å². The summed E-state index contributed by atoms with van der Waals surface area (Å²) in [6.07, 6.45) is 1.34. The Labute approximate surface area is 136 Å². The molecule has 1 unspecified atom stereocenters. The van der Waals surface area contributed by atoms with Crippen molar-refractivity contribution in [2.75, 3.05) is 6.54 Å². The Hall–Kier alpha value is -0.860. The molecule has 2 heteroatoms. The van der Waals surface area contributed by atoms with Crippen molar-refractivity contribution in [2.24, 2.45) is 5.92 Å². The Morgan fingerprint density at radius 2 is 1.82 bits per heavy atom. The molecule has 1 N–H and O–H groups in total. The van der Waals surface area contributed by atoms with Gasteiger partial charge in [-0.1, -0.05) is 58.9 Å². The standard InChI is InChI=1S/C20H33NO/c1-14(2)12-20(7)18(21-13-15(3)22-20)16-8-10-17(11-9-16)19(4,5)6/h8-11,14-15,18,21H,12-13H2,1-7H3/t15-,18-,20?/m1/s1. The monoisotopic (exact) mass is 303 g/mol. The fourth-order valence-electron chi connectivity index (χ4n) is 3.69. The van der Waals surface area contributed by atoms with Gasteiger partial charge in [-0.05, 0) is 42.7 Å². The number of rotatable bonds is 3. The van der Waals surface area contributed by atoms with Gasteiger partial charge in [0.1, 0.15) is 0 Å². The number of ether oxygens (including phenoxy) is 1. The second kappa shape index (κ2) is 6.33. The van der Waals surface area contributed by atoms with Crippen molar-refractivity contribution in [2.45, 2.75) is 78.0 Å². The normalized spacial score (nSPS) is 29.8. The number of morpholine rings is 1. The molecule has 1 aromatic carbocycles. The largest absolute Gasteiger partial charge is 0.369 e. The van der Waals surface area contributed by atoms with Crippen molar-refractivity contribution < 1.29 is 4.74 Å². The second-order valence-corrected chi connectivity index (χ2v) is 8.55. The average Bonchev–Trinajstić information content (AvgIpc) is 2.36. The minimum atomic E-state index is -0.144. The van der Waals surface area contributed by atoms with E-state index < -0.39 is 0 Å². The number of nitrogens with one attached hydrogen (secondary N) is 1. The molecule has 1 saturated heterocycles. The zero-order valence-corrected chi connectivity index (χ0v) is 15.4. The minimum Gasteiger partial charge on any atom is -0.369 e. The molecule has 1 heterocycles. The van der Waals surface area contributed by atoms with Crippen molar-refractivity contribution >= 4 is 0 Å². The summed E-state index contributed by atoms with van der Waals surface area (Å²) < 4.78 is 6.39. The van der Waals surface area contributed by atoms with Gasteiger partial charge in [0.25, 0.3) is 0 Å². The van der Waals surface area contributed by atoms with Crippen LogP contribution >= 0.6 is 0 Å². The quantitative estimate of drug-likeness (QED) is 0.863. The molecule has 1 aromatic rings. The fourth-order valence-corrected chi connectivity index (χ4v) is 3.69. The molecule has 0 amide bonds. The lowest BCUT2D eigenvalue weighted by Gasteiger charge is -2.46. The number of benzene rings is 1. The number of hydrogen-bond acceptors (Lipinski definition) is 2. The van der Waals surface area contributed by atoms with Gasteiger partial charge in [-0.25, -0.2) is 0 Å². The highest BCUT2D eigenvalue weighted by Gasteiger charge is 2.41. The van der Waals surface area contributed by atoms with Crippen LogP contribution in [0.2, 0.25) is 0 Å². The summed E-state index contributed by atoms with van der Waals surface area (Å²) in [6, 6.07) is 9.35. The van der Waals surface area contributed by atoms with E-state index >= 15 is 0 Å². The zero-order chi connectivity index (χ0) is 16.5. The van der Waals surface area contributed by atoms with Crippen LogP contribution in [0.15, 0.2) is 24.3 Å². The predicted molar refractivity (Wildman–Crippen MR) is 94.3 cm³/mol. The summed E-state index contributed by atoms with van der Waals surface area (Å²) in [6.45, 7) is 16.7. The molecule has 0 saturated carbocycles. The van der Waals surface area contributed by atoms with Gasteiger partial charge in [0.15, 0.2) is 0 Å². The molecule has 0 aromatic heterocycles. The predicted octanol–water partition coefficient (Wildman–Crippen LogP) is 4.84. The Bertz CT molecular complexity index is 481. The summed E-state index contributed by atoms with van der Waals surface area (Å²) in [5.41, 5.74) is 2.77. The lowest BCUT2D eigenvalue weighted by molar-refractivity contribution is -0.135. The van der Waals surface area contributed by atoms with Crippen LogP contribution in [0.25, 0.3) is 0 Å². The lowest BCUT2D eigenvalue weighted by atomic mass is 9.80. The molecular formula is C20H33NO. The third-order valence-corrected chi connectivity index (χ3v) is 4.61. The molecule has 0 bridgehead atoms. The molecule has 1 aliphatic heterocycles.